The van der Waals surface area contributed by atoms with Crippen LogP contribution in [0.5, 0.6) is 5.75 Å². The number of ether oxygens (including phenoxy) is 1. The first kappa shape index (κ1) is 13.4. The van der Waals surface area contributed by atoms with Crippen LogP contribution in [-0.2, 0) is 6.61 Å². The molecule has 1 aromatic rings. The first-order valence-corrected chi connectivity index (χ1v) is 6.78. The van der Waals surface area contributed by atoms with Crippen molar-refractivity contribution in [2.24, 2.45) is 5.92 Å². The minimum absolute atomic E-state index is 0.0462. The Bertz CT molecular complexity index is 341. The third kappa shape index (κ3) is 4.00. The van der Waals surface area contributed by atoms with Gasteiger partial charge in [-0.2, -0.15) is 0 Å². The SMILES string of the molecule is OCc1ccc(OCC(O)CC2CCCC2)cc1. The minimum Gasteiger partial charge on any atom is -0.491 e. The Hall–Kier alpha value is -1.06. The Labute approximate surface area is 108 Å². The van der Waals surface area contributed by atoms with Crippen LogP contribution in [0.3, 0.4) is 0 Å². The lowest BCUT2D eigenvalue weighted by Gasteiger charge is -2.16. The van der Waals surface area contributed by atoms with E-state index in [0.29, 0.717) is 12.5 Å². The molecular weight excluding hydrogens is 228 g/mol. The molecule has 2 rings (SSSR count). The Balaban J connectivity index is 1.72. The van der Waals surface area contributed by atoms with Crippen LogP contribution in [-0.4, -0.2) is 22.9 Å². The molecule has 3 heteroatoms. The lowest BCUT2D eigenvalue weighted by atomic mass is 10.0. The molecule has 1 aliphatic rings. The molecule has 1 aromatic carbocycles. The number of aliphatic hydroxyl groups is 2. The summed E-state index contributed by atoms with van der Waals surface area (Å²) in [6.45, 7) is 0.402. The summed E-state index contributed by atoms with van der Waals surface area (Å²) >= 11 is 0. The highest BCUT2D eigenvalue weighted by molar-refractivity contribution is 5.26. The molecule has 1 fully saturated rings. The zero-order valence-corrected chi connectivity index (χ0v) is 10.7. The number of hydrogen-bond donors (Lipinski definition) is 2. The zero-order chi connectivity index (χ0) is 12.8. The van der Waals surface area contributed by atoms with Crippen LogP contribution in [0.2, 0.25) is 0 Å². The average molecular weight is 250 g/mol. The van der Waals surface area contributed by atoms with Gasteiger partial charge in [0.05, 0.1) is 12.7 Å². The molecule has 1 atom stereocenters. The molecule has 1 aliphatic carbocycles. The molecule has 2 N–H and O–H groups in total. The molecule has 18 heavy (non-hydrogen) atoms. The molecule has 3 nitrogen and oxygen atoms in total. The summed E-state index contributed by atoms with van der Waals surface area (Å²) in [6, 6.07) is 7.32. The molecule has 100 valence electrons. The third-order valence-electron chi connectivity index (χ3n) is 3.63. The van der Waals surface area contributed by atoms with E-state index in [9.17, 15) is 5.11 Å². The van der Waals surface area contributed by atoms with Crippen LogP contribution in [0.4, 0.5) is 0 Å². The molecule has 0 radical (unpaired) electrons. The van der Waals surface area contributed by atoms with Gasteiger partial charge in [0, 0.05) is 0 Å². The number of hydrogen-bond acceptors (Lipinski definition) is 3. The number of aliphatic hydroxyl groups excluding tert-OH is 2. The Morgan fingerprint density at radius 1 is 1.17 bits per heavy atom. The topological polar surface area (TPSA) is 49.7 Å². The van der Waals surface area contributed by atoms with Gasteiger partial charge < -0.3 is 14.9 Å². The fraction of sp³-hybridized carbons (Fsp3) is 0.600. The highest BCUT2D eigenvalue weighted by Crippen LogP contribution is 2.28. The summed E-state index contributed by atoms with van der Waals surface area (Å²) in [7, 11) is 0. The number of benzene rings is 1. The van der Waals surface area contributed by atoms with Crippen molar-refractivity contribution < 1.29 is 14.9 Å². The van der Waals surface area contributed by atoms with Gasteiger partial charge in [-0.3, -0.25) is 0 Å². The van der Waals surface area contributed by atoms with Crippen molar-refractivity contribution in [3.8, 4) is 5.75 Å². The first-order chi connectivity index (χ1) is 8.78. The second-order valence-corrected chi connectivity index (χ2v) is 5.15. The minimum atomic E-state index is -0.370. The highest BCUT2D eigenvalue weighted by atomic mass is 16.5. The van der Waals surface area contributed by atoms with Gasteiger partial charge in [-0.25, -0.2) is 0 Å². The van der Waals surface area contributed by atoms with Gasteiger partial charge in [0.2, 0.25) is 0 Å². The van der Waals surface area contributed by atoms with E-state index in [1.807, 2.05) is 24.3 Å². The maximum atomic E-state index is 9.91. The summed E-state index contributed by atoms with van der Waals surface area (Å²) in [5.74, 6) is 1.43. The molecule has 0 spiro atoms. The van der Waals surface area contributed by atoms with Gasteiger partial charge in [0.1, 0.15) is 12.4 Å². The standard InChI is InChI=1S/C15H22O3/c16-10-13-5-7-15(8-6-13)18-11-14(17)9-12-3-1-2-4-12/h5-8,12,14,16-17H,1-4,9-11H2. The molecule has 1 unspecified atom stereocenters. The zero-order valence-electron chi connectivity index (χ0n) is 10.7. The van der Waals surface area contributed by atoms with Gasteiger partial charge in [-0.1, -0.05) is 37.8 Å². The Morgan fingerprint density at radius 3 is 2.44 bits per heavy atom. The third-order valence-corrected chi connectivity index (χ3v) is 3.63. The second kappa shape index (κ2) is 6.76. The van der Waals surface area contributed by atoms with Crippen molar-refractivity contribution >= 4 is 0 Å². The highest BCUT2D eigenvalue weighted by Gasteiger charge is 2.19. The van der Waals surface area contributed by atoms with Crippen molar-refractivity contribution in [1.29, 1.82) is 0 Å². The molecule has 0 saturated heterocycles. The van der Waals surface area contributed by atoms with Crippen molar-refractivity contribution in [3.63, 3.8) is 0 Å². The predicted octanol–water partition coefficient (Wildman–Crippen LogP) is 2.50. The van der Waals surface area contributed by atoms with Crippen LogP contribution in [0, 0.1) is 5.92 Å². The van der Waals surface area contributed by atoms with E-state index in [1.54, 1.807) is 0 Å². The fourth-order valence-corrected chi connectivity index (χ4v) is 2.58. The van der Waals surface area contributed by atoms with Gasteiger partial charge >= 0.3 is 0 Å². The quantitative estimate of drug-likeness (QED) is 0.815. The summed E-state index contributed by atoms with van der Waals surface area (Å²) in [6.07, 6.45) is 5.60. The predicted molar refractivity (Wildman–Crippen MR) is 70.4 cm³/mol. The fourth-order valence-electron chi connectivity index (χ4n) is 2.58. The molecule has 0 bridgehead atoms. The molecule has 0 aromatic heterocycles. The van der Waals surface area contributed by atoms with Crippen LogP contribution in [0.1, 0.15) is 37.7 Å². The monoisotopic (exact) mass is 250 g/mol. The smallest absolute Gasteiger partial charge is 0.119 e. The van der Waals surface area contributed by atoms with Gasteiger partial charge in [0.15, 0.2) is 0 Å². The second-order valence-electron chi connectivity index (χ2n) is 5.15. The molecular formula is C15H22O3. The van der Waals surface area contributed by atoms with E-state index in [1.165, 1.54) is 25.7 Å². The summed E-state index contributed by atoms with van der Waals surface area (Å²) in [4.78, 5) is 0. The van der Waals surface area contributed by atoms with E-state index in [2.05, 4.69) is 0 Å². The maximum Gasteiger partial charge on any atom is 0.119 e. The Kier molecular flexibility index (Phi) is 5.02. The van der Waals surface area contributed by atoms with Crippen LogP contribution < -0.4 is 4.74 Å². The lowest BCUT2D eigenvalue weighted by Crippen LogP contribution is -2.20. The van der Waals surface area contributed by atoms with Crippen molar-refractivity contribution in [3.05, 3.63) is 29.8 Å². The van der Waals surface area contributed by atoms with Crippen molar-refractivity contribution in [2.75, 3.05) is 6.61 Å². The Morgan fingerprint density at radius 2 is 1.83 bits per heavy atom. The first-order valence-electron chi connectivity index (χ1n) is 6.78. The maximum absolute atomic E-state index is 9.91. The van der Waals surface area contributed by atoms with E-state index in [0.717, 1.165) is 17.7 Å². The van der Waals surface area contributed by atoms with E-state index in [4.69, 9.17) is 9.84 Å². The summed E-state index contributed by atoms with van der Waals surface area (Å²) < 4.78 is 5.55. The lowest BCUT2D eigenvalue weighted by molar-refractivity contribution is 0.0855. The van der Waals surface area contributed by atoms with E-state index in [-0.39, 0.29) is 12.7 Å². The molecule has 0 aliphatic heterocycles. The van der Waals surface area contributed by atoms with Crippen LogP contribution in [0.25, 0.3) is 0 Å². The molecule has 0 amide bonds. The van der Waals surface area contributed by atoms with Crippen molar-refractivity contribution in [1.82, 2.24) is 0 Å². The van der Waals surface area contributed by atoms with Gasteiger partial charge in [-0.05, 0) is 30.0 Å². The largest absolute Gasteiger partial charge is 0.491 e. The molecule has 0 heterocycles. The van der Waals surface area contributed by atoms with Crippen LogP contribution >= 0.6 is 0 Å². The van der Waals surface area contributed by atoms with Gasteiger partial charge in [0.25, 0.3) is 0 Å². The van der Waals surface area contributed by atoms with Crippen LogP contribution in [0.15, 0.2) is 24.3 Å². The van der Waals surface area contributed by atoms with E-state index < -0.39 is 0 Å². The number of rotatable bonds is 6. The molecule has 1 saturated carbocycles. The summed E-state index contributed by atoms with van der Waals surface area (Å²) in [5.41, 5.74) is 0.869. The average Bonchev–Trinajstić information content (AvgIpc) is 2.90. The van der Waals surface area contributed by atoms with E-state index >= 15 is 0 Å². The normalized spacial score (nSPS) is 17.9. The van der Waals surface area contributed by atoms with Crippen molar-refractivity contribution in [2.45, 2.75) is 44.8 Å². The van der Waals surface area contributed by atoms with Gasteiger partial charge in [-0.15, -0.1) is 0 Å². The summed E-state index contributed by atoms with van der Waals surface area (Å²) in [5, 5.41) is 18.8.